The van der Waals surface area contributed by atoms with Gasteiger partial charge < -0.3 is 9.26 Å². The van der Waals surface area contributed by atoms with Crippen LogP contribution in [0.15, 0.2) is 71.6 Å². The largest absolute Gasteiger partial charge is 0.461 e. The maximum absolute atomic E-state index is 15.0. The summed E-state index contributed by atoms with van der Waals surface area (Å²) in [4.78, 5) is 13.5. The normalized spacial score (nSPS) is 13.1. The van der Waals surface area contributed by atoms with E-state index in [0.29, 0.717) is 5.56 Å². The highest BCUT2D eigenvalue weighted by molar-refractivity contribution is 7.90. The third kappa shape index (κ3) is 4.67. The Morgan fingerprint density at radius 3 is 2.32 bits per heavy atom. The van der Waals surface area contributed by atoms with Gasteiger partial charge in [-0.2, -0.15) is 5.26 Å². The fourth-order valence-corrected chi connectivity index (χ4v) is 8.59. The van der Waals surface area contributed by atoms with E-state index in [1.165, 1.54) is 18.2 Å². The summed E-state index contributed by atoms with van der Waals surface area (Å²) in [5, 5.41) is 9.96. The second-order valence-electron chi connectivity index (χ2n) is 8.66. The van der Waals surface area contributed by atoms with Gasteiger partial charge in [0.2, 0.25) is 0 Å². The van der Waals surface area contributed by atoms with Gasteiger partial charge in [0.05, 0.1) is 40.6 Å². The number of rotatable bonds is 8. The number of hydrogen-bond donors (Lipinski definition) is 0. The first-order chi connectivity index (χ1) is 18.1. The Morgan fingerprint density at radius 2 is 1.68 bits per heavy atom. The van der Waals surface area contributed by atoms with Crippen LogP contribution in [0.3, 0.4) is 0 Å². The van der Waals surface area contributed by atoms with E-state index in [2.05, 4.69) is 6.07 Å². The molecule has 0 saturated heterocycles. The van der Waals surface area contributed by atoms with Gasteiger partial charge in [0.15, 0.2) is 5.69 Å². The van der Waals surface area contributed by atoms with Crippen molar-refractivity contribution < 1.29 is 27.0 Å². The molecule has 3 aromatic carbocycles. The van der Waals surface area contributed by atoms with Crippen LogP contribution in [0.5, 0.6) is 0 Å². The lowest BCUT2D eigenvalue weighted by atomic mass is 10.1. The van der Waals surface area contributed by atoms with Gasteiger partial charge in [0.1, 0.15) is 0 Å². The number of carbonyl (C=O) groups is 1. The highest BCUT2D eigenvalue weighted by Gasteiger charge is 2.42. The summed E-state index contributed by atoms with van der Waals surface area (Å²) in [6.45, 7) is 6.78. The molecule has 0 bridgehead atoms. The fourth-order valence-electron chi connectivity index (χ4n) is 4.43. The van der Waals surface area contributed by atoms with Crippen LogP contribution in [0.4, 0.5) is 0 Å². The van der Waals surface area contributed by atoms with E-state index in [9.17, 15) is 18.5 Å². The van der Waals surface area contributed by atoms with Gasteiger partial charge in [-0.05, 0) is 75.7 Å². The minimum Gasteiger partial charge on any atom is -0.461 e. The highest BCUT2D eigenvalue weighted by atomic mass is 32.2. The van der Waals surface area contributed by atoms with Crippen LogP contribution in [-0.2, 0) is 23.8 Å². The maximum Gasteiger partial charge on any atom is 0.356 e. The predicted octanol–water partition coefficient (Wildman–Crippen LogP) is 4.81. The fraction of sp³-hybridized carbons (Fsp3) is 0.214. The molecule has 38 heavy (non-hydrogen) atoms. The third-order valence-electron chi connectivity index (χ3n) is 5.94. The van der Waals surface area contributed by atoms with Crippen molar-refractivity contribution in [3.8, 4) is 6.07 Å². The number of ether oxygens (including phenoxy) is 1. The second-order valence-corrected chi connectivity index (χ2v) is 12.8. The zero-order chi connectivity index (χ0) is 27.7. The van der Waals surface area contributed by atoms with E-state index >= 15 is 4.57 Å². The summed E-state index contributed by atoms with van der Waals surface area (Å²) in [5.41, 5.74) is 1.44. The SMILES string of the molecule is CCOC(=O)c1c(P(=O)(OCC)c2cc(C)cc(C#N)c2)c2cc(C)ccc2n1S(=O)(=O)c1ccccc1. The molecule has 0 fully saturated rings. The minimum atomic E-state index is -4.34. The van der Waals surface area contributed by atoms with Crippen LogP contribution in [0.2, 0.25) is 0 Å². The summed E-state index contributed by atoms with van der Waals surface area (Å²) in [6.07, 6.45) is 0. The molecule has 0 amide bonds. The average molecular weight is 551 g/mol. The first-order valence-corrected chi connectivity index (χ1v) is 15.0. The van der Waals surface area contributed by atoms with Crippen molar-refractivity contribution >= 4 is 44.9 Å². The van der Waals surface area contributed by atoms with Gasteiger partial charge in [-0.15, -0.1) is 0 Å². The molecule has 0 aliphatic rings. The minimum absolute atomic E-state index is 0.000698. The zero-order valence-corrected chi connectivity index (χ0v) is 23.2. The van der Waals surface area contributed by atoms with Crippen molar-refractivity contribution in [3.63, 3.8) is 0 Å². The molecule has 10 heteroatoms. The smallest absolute Gasteiger partial charge is 0.356 e. The van der Waals surface area contributed by atoms with Gasteiger partial charge in [0.25, 0.3) is 17.4 Å². The number of nitriles is 1. The van der Waals surface area contributed by atoms with Gasteiger partial charge in [-0.1, -0.05) is 29.8 Å². The molecule has 0 spiro atoms. The molecule has 196 valence electrons. The maximum atomic E-state index is 15.0. The van der Waals surface area contributed by atoms with Crippen LogP contribution in [0.1, 0.15) is 41.0 Å². The van der Waals surface area contributed by atoms with Crippen LogP contribution >= 0.6 is 7.37 Å². The first-order valence-electron chi connectivity index (χ1n) is 12.0. The molecule has 0 N–H and O–H groups in total. The van der Waals surface area contributed by atoms with E-state index in [0.717, 1.165) is 9.54 Å². The lowest BCUT2D eigenvalue weighted by molar-refractivity contribution is 0.0520. The zero-order valence-electron chi connectivity index (χ0n) is 21.5. The van der Waals surface area contributed by atoms with Crippen molar-refractivity contribution in [2.24, 2.45) is 0 Å². The number of hydrogen-bond acceptors (Lipinski definition) is 7. The summed E-state index contributed by atoms with van der Waals surface area (Å²) < 4.78 is 55.2. The molecule has 1 unspecified atom stereocenters. The Morgan fingerprint density at radius 1 is 0.974 bits per heavy atom. The predicted molar refractivity (Wildman–Crippen MR) is 146 cm³/mol. The molecule has 0 aliphatic carbocycles. The molecular formula is C28H27N2O6PS. The topological polar surface area (TPSA) is 115 Å². The number of esters is 1. The summed E-state index contributed by atoms with van der Waals surface area (Å²) in [6, 6.07) is 19.4. The number of aryl methyl sites for hydroxylation is 2. The van der Waals surface area contributed by atoms with Crippen LogP contribution < -0.4 is 10.6 Å². The van der Waals surface area contributed by atoms with Crippen molar-refractivity contribution in [3.05, 3.63) is 89.1 Å². The lowest BCUT2D eigenvalue weighted by Crippen LogP contribution is -2.28. The molecular weight excluding hydrogens is 523 g/mol. The van der Waals surface area contributed by atoms with E-state index in [1.807, 2.05) is 6.92 Å². The monoisotopic (exact) mass is 550 g/mol. The van der Waals surface area contributed by atoms with Gasteiger partial charge in [-0.25, -0.2) is 17.2 Å². The Kier molecular flexibility index (Phi) is 7.61. The molecule has 0 saturated carbocycles. The second kappa shape index (κ2) is 10.6. The molecule has 8 nitrogen and oxygen atoms in total. The van der Waals surface area contributed by atoms with E-state index in [-0.39, 0.29) is 45.2 Å². The molecule has 1 atom stereocenters. The van der Waals surface area contributed by atoms with E-state index in [1.54, 1.807) is 69.3 Å². The number of fused-ring (bicyclic) bond motifs is 1. The third-order valence-corrected chi connectivity index (χ3v) is 10.3. The lowest BCUT2D eigenvalue weighted by Gasteiger charge is -2.21. The van der Waals surface area contributed by atoms with Gasteiger partial charge in [0, 0.05) is 10.7 Å². The van der Waals surface area contributed by atoms with Crippen LogP contribution in [0, 0.1) is 25.2 Å². The Bertz CT molecular complexity index is 1740. The standard InChI is InChI=1S/C28H27N2O6PS/c1-5-35-28(31)26-27(37(32,36-6-2)22-15-20(4)14-21(17-22)18-29)24-16-19(3)12-13-25(24)30(26)38(33,34)23-10-8-7-9-11-23/h7-17H,5-6H2,1-4H3. The van der Waals surface area contributed by atoms with Gasteiger partial charge in [-0.3, -0.25) is 4.57 Å². The molecule has 1 heterocycles. The average Bonchev–Trinajstić information content (AvgIpc) is 3.24. The number of carbonyl (C=O) groups excluding carboxylic acids is 1. The van der Waals surface area contributed by atoms with Crippen molar-refractivity contribution in [1.82, 2.24) is 3.97 Å². The molecule has 0 radical (unpaired) electrons. The van der Waals surface area contributed by atoms with Crippen molar-refractivity contribution in [2.75, 3.05) is 13.2 Å². The number of benzene rings is 3. The van der Waals surface area contributed by atoms with Crippen molar-refractivity contribution in [1.29, 1.82) is 5.26 Å². The first kappa shape index (κ1) is 27.3. The highest BCUT2D eigenvalue weighted by Crippen LogP contribution is 2.49. The van der Waals surface area contributed by atoms with E-state index < -0.39 is 29.1 Å². The van der Waals surface area contributed by atoms with Crippen LogP contribution in [0.25, 0.3) is 10.9 Å². The Balaban J connectivity index is 2.24. The Labute approximate surface area is 221 Å². The summed E-state index contributed by atoms with van der Waals surface area (Å²) in [7, 11) is -8.49. The summed E-state index contributed by atoms with van der Waals surface area (Å²) >= 11 is 0. The van der Waals surface area contributed by atoms with Crippen molar-refractivity contribution in [2.45, 2.75) is 32.6 Å². The molecule has 4 rings (SSSR count). The number of nitrogens with zero attached hydrogens (tertiary/aromatic N) is 2. The molecule has 1 aromatic heterocycles. The van der Waals surface area contributed by atoms with Crippen LogP contribution in [-0.4, -0.2) is 31.6 Å². The quantitative estimate of drug-likeness (QED) is 0.228. The van der Waals surface area contributed by atoms with Gasteiger partial charge >= 0.3 is 5.97 Å². The van der Waals surface area contributed by atoms with E-state index in [4.69, 9.17) is 9.26 Å². The Hall–Kier alpha value is -3.70. The molecule has 0 aliphatic heterocycles. The summed E-state index contributed by atoms with van der Waals surface area (Å²) in [5.74, 6) is -0.955. The number of aromatic nitrogens is 1. The molecule has 4 aromatic rings.